The van der Waals surface area contributed by atoms with Crippen molar-refractivity contribution < 1.29 is 4.39 Å². The van der Waals surface area contributed by atoms with Crippen LogP contribution in [-0.2, 0) is 6.54 Å². The molecule has 1 aromatic carbocycles. The monoisotopic (exact) mass is 245 g/mol. The molecule has 0 radical (unpaired) electrons. The fraction of sp³-hybridized carbons (Fsp3) is 0.286. The highest BCUT2D eigenvalue weighted by Gasteiger charge is 2.01. The molecule has 0 fully saturated rings. The molecule has 1 aromatic heterocycles. The first kappa shape index (κ1) is 12.5. The number of aryl methyl sites for hydroxylation is 3. The van der Waals surface area contributed by atoms with Gasteiger partial charge in [0.25, 0.3) is 0 Å². The summed E-state index contributed by atoms with van der Waals surface area (Å²) in [5.74, 6) is 0.560. The van der Waals surface area contributed by atoms with Crippen molar-refractivity contribution in [3.63, 3.8) is 0 Å². The second-order valence-electron chi connectivity index (χ2n) is 4.44. The van der Waals surface area contributed by atoms with Crippen molar-refractivity contribution in [3.8, 4) is 0 Å². The molecule has 94 valence electrons. The van der Waals surface area contributed by atoms with Gasteiger partial charge in [0.05, 0.1) is 5.69 Å². The van der Waals surface area contributed by atoms with Crippen LogP contribution in [0.2, 0.25) is 0 Å². The maximum absolute atomic E-state index is 13.1. The van der Waals surface area contributed by atoms with Crippen LogP contribution in [0, 0.1) is 26.6 Å². The fourth-order valence-corrected chi connectivity index (χ4v) is 1.64. The van der Waals surface area contributed by atoms with E-state index in [0.717, 1.165) is 22.6 Å². The quantitative estimate of drug-likeness (QED) is 0.902. The lowest BCUT2D eigenvalue weighted by molar-refractivity contribution is 0.617. The van der Waals surface area contributed by atoms with Gasteiger partial charge in [0.2, 0.25) is 0 Å². The van der Waals surface area contributed by atoms with Crippen LogP contribution in [0.5, 0.6) is 0 Å². The summed E-state index contributed by atoms with van der Waals surface area (Å²) in [6, 6.07) is 7.04. The van der Waals surface area contributed by atoms with E-state index in [2.05, 4.69) is 15.5 Å². The Labute approximate surface area is 106 Å². The Morgan fingerprint density at radius 2 is 1.83 bits per heavy atom. The van der Waals surface area contributed by atoms with Gasteiger partial charge in [-0.15, -0.1) is 5.10 Å². The second kappa shape index (κ2) is 5.12. The van der Waals surface area contributed by atoms with E-state index in [-0.39, 0.29) is 5.82 Å². The Bertz CT molecular complexity index is 515. The molecule has 0 saturated heterocycles. The van der Waals surface area contributed by atoms with Crippen LogP contribution < -0.4 is 5.32 Å². The topological polar surface area (TPSA) is 37.8 Å². The van der Waals surface area contributed by atoms with E-state index in [1.807, 2.05) is 26.0 Å². The van der Waals surface area contributed by atoms with Crippen molar-refractivity contribution in [2.24, 2.45) is 0 Å². The van der Waals surface area contributed by atoms with E-state index in [1.54, 1.807) is 13.0 Å². The van der Waals surface area contributed by atoms with E-state index in [0.29, 0.717) is 12.1 Å². The summed E-state index contributed by atoms with van der Waals surface area (Å²) in [7, 11) is 0. The molecule has 0 aliphatic heterocycles. The van der Waals surface area contributed by atoms with E-state index in [9.17, 15) is 4.39 Å². The van der Waals surface area contributed by atoms with Gasteiger partial charge in [-0.1, -0.05) is 12.1 Å². The van der Waals surface area contributed by atoms with E-state index >= 15 is 0 Å². The van der Waals surface area contributed by atoms with Gasteiger partial charge in [-0.3, -0.25) is 0 Å². The molecule has 0 bridgehead atoms. The summed E-state index contributed by atoms with van der Waals surface area (Å²) in [5.41, 5.74) is 3.70. The number of halogens is 1. The Balaban J connectivity index is 2.06. The second-order valence-corrected chi connectivity index (χ2v) is 4.44. The molecule has 1 heterocycles. The molecule has 18 heavy (non-hydrogen) atoms. The maximum atomic E-state index is 13.1. The highest BCUT2D eigenvalue weighted by atomic mass is 19.1. The first-order chi connectivity index (χ1) is 8.56. The van der Waals surface area contributed by atoms with Crippen LogP contribution in [0.15, 0.2) is 24.3 Å². The third-order valence-corrected chi connectivity index (χ3v) is 2.93. The summed E-state index contributed by atoms with van der Waals surface area (Å²) in [6.45, 7) is 6.29. The van der Waals surface area contributed by atoms with Gasteiger partial charge in [-0.25, -0.2) is 4.39 Å². The summed E-state index contributed by atoms with van der Waals surface area (Å²) >= 11 is 0. The SMILES string of the molecule is Cc1cc(CNc2cc(C)c(C)nn2)ccc1F. The number of anilines is 1. The lowest BCUT2D eigenvalue weighted by Gasteiger charge is -2.07. The molecule has 4 heteroatoms. The molecule has 2 aromatic rings. The lowest BCUT2D eigenvalue weighted by atomic mass is 10.1. The number of nitrogens with zero attached hydrogens (tertiary/aromatic N) is 2. The largest absolute Gasteiger partial charge is 0.364 e. The Morgan fingerprint density at radius 3 is 2.50 bits per heavy atom. The maximum Gasteiger partial charge on any atom is 0.149 e. The number of rotatable bonds is 3. The number of nitrogens with one attached hydrogen (secondary N) is 1. The van der Waals surface area contributed by atoms with Gasteiger partial charge < -0.3 is 5.32 Å². The lowest BCUT2D eigenvalue weighted by Crippen LogP contribution is -2.04. The highest BCUT2D eigenvalue weighted by molar-refractivity contribution is 5.38. The number of aromatic nitrogens is 2. The molecule has 0 unspecified atom stereocenters. The number of benzene rings is 1. The minimum Gasteiger partial charge on any atom is -0.364 e. The van der Waals surface area contributed by atoms with E-state index < -0.39 is 0 Å². The number of hydrogen-bond acceptors (Lipinski definition) is 3. The number of hydrogen-bond donors (Lipinski definition) is 1. The summed E-state index contributed by atoms with van der Waals surface area (Å²) in [5, 5.41) is 11.3. The van der Waals surface area contributed by atoms with Crippen molar-refractivity contribution in [2.45, 2.75) is 27.3 Å². The Hall–Kier alpha value is -1.97. The summed E-state index contributed by atoms with van der Waals surface area (Å²) in [6.07, 6.45) is 0. The molecule has 2 rings (SSSR count). The van der Waals surface area contributed by atoms with Gasteiger partial charge in [0.1, 0.15) is 11.6 Å². The third kappa shape index (κ3) is 2.83. The standard InChI is InChI=1S/C14H16FN3/c1-9-7-14(18-17-11(9)3)16-8-12-4-5-13(15)10(2)6-12/h4-7H,8H2,1-3H3,(H,16,18). The van der Waals surface area contributed by atoms with Gasteiger partial charge in [0, 0.05) is 6.54 Å². The summed E-state index contributed by atoms with van der Waals surface area (Å²) in [4.78, 5) is 0. The molecule has 1 N–H and O–H groups in total. The average Bonchev–Trinajstić information content (AvgIpc) is 2.35. The van der Waals surface area contributed by atoms with Gasteiger partial charge in [-0.05, 0) is 49.6 Å². The zero-order valence-corrected chi connectivity index (χ0v) is 10.8. The van der Waals surface area contributed by atoms with Gasteiger partial charge in [0.15, 0.2) is 0 Å². The zero-order chi connectivity index (χ0) is 13.1. The minimum absolute atomic E-state index is 0.176. The van der Waals surface area contributed by atoms with Crippen LogP contribution in [0.25, 0.3) is 0 Å². The van der Waals surface area contributed by atoms with Crippen molar-refractivity contribution in [2.75, 3.05) is 5.32 Å². The zero-order valence-electron chi connectivity index (χ0n) is 10.8. The van der Waals surface area contributed by atoms with E-state index in [4.69, 9.17) is 0 Å². The highest BCUT2D eigenvalue weighted by Crippen LogP contribution is 2.12. The van der Waals surface area contributed by atoms with Crippen LogP contribution in [0.3, 0.4) is 0 Å². The molecule has 3 nitrogen and oxygen atoms in total. The summed E-state index contributed by atoms with van der Waals surface area (Å²) < 4.78 is 13.1. The van der Waals surface area contributed by atoms with Gasteiger partial charge >= 0.3 is 0 Å². The van der Waals surface area contributed by atoms with Crippen molar-refractivity contribution >= 4 is 5.82 Å². The molecule has 0 saturated carbocycles. The van der Waals surface area contributed by atoms with E-state index in [1.165, 1.54) is 6.07 Å². The Kier molecular flexibility index (Phi) is 3.55. The predicted octanol–water partition coefficient (Wildman–Crippen LogP) is 3.15. The smallest absolute Gasteiger partial charge is 0.149 e. The first-order valence-electron chi connectivity index (χ1n) is 5.86. The molecular weight excluding hydrogens is 229 g/mol. The van der Waals surface area contributed by atoms with Gasteiger partial charge in [-0.2, -0.15) is 5.10 Å². The molecule has 0 aliphatic carbocycles. The average molecular weight is 245 g/mol. The van der Waals surface area contributed by atoms with Crippen LogP contribution in [0.4, 0.5) is 10.2 Å². The van der Waals surface area contributed by atoms with Crippen molar-refractivity contribution in [1.82, 2.24) is 10.2 Å². The van der Waals surface area contributed by atoms with Crippen LogP contribution in [-0.4, -0.2) is 10.2 Å². The van der Waals surface area contributed by atoms with Crippen LogP contribution >= 0.6 is 0 Å². The molecule has 0 atom stereocenters. The predicted molar refractivity (Wildman–Crippen MR) is 70.0 cm³/mol. The molecule has 0 spiro atoms. The minimum atomic E-state index is -0.176. The molecular formula is C14H16FN3. The molecule has 0 amide bonds. The Morgan fingerprint density at radius 1 is 1.06 bits per heavy atom. The first-order valence-corrected chi connectivity index (χ1v) is 5.86. The molecule has 0 aliphatic rings. The fourth-order valence-electron chi connectivity index (χ4n) is 1.64. The van der Waals surface area contributed by atoms with Crippen LogP contribution in [0.1, 0.15) is 22.4 Å². The van der Waals surface area contributed by atoms with Crippen molar-refractivity contribution in [1.29, 1.82) is 0 Å². The van der Waals surface area contributed by atoms with Crippen molar-refractivity contribution in [3.05, 3.63) is 52.5 Å². The normalized spacial score (nSPS) is 10.4. The third-order valence-electron chi connectivity index (χ3n) is 2.93.